The first-order chi connectivity index (χ1) is 11.5. The summed E-state index contributed by atoms with van der Waals surface area (Å²) in [6.07, 6.45) is 0.952. The van der Waals surface area contributed by atoms with E-state index >= 15 is 0 Å². The summed E-state index contributed by atoms with van der Waals surface area (Å²) in [6, 6.07) is 12.5. The largest absolute Gasteiger partial charge is 0.484 e. The Hall–Kier alpha value is -1.82. The summed E-state index contributed by atoms with van der Waals surface area (Å²) in [5, 5.41) is 6.42. The molecule has 0 saturated carbocycles. The number of anilines is 1. The van der Waals surface area contributed by atoms with E-state index in [2.05, 4.69) is 17.6 Å². The predicted octanol–water partition coefficient (Wildman–Crippen LogP) is 4.45. The van der Waals surface area contributed by atoms with Crippen molar-refractivity contribution in [2.24, 2.45) is 0 Å². The van der Waals surface area contributed by atoms with Crippen LogP contribution in [0.15, 0.2) is 42.5 Å². The lowest BCUT2D eigenvalue weighted by molar-refractivity contribution is -0.121. The fourth-order valence-corrected chi connectivity index (χ4v) is 2.56. The zero-order chi connectivity index (χ0) is 17.5. The van der Waals surface area contributed by atoms with Crippen molar-refractivity contribution >= 4 is 52.1 Å². The van der Waals surface area contributed by atoms with Gasteiger partial charge >= 0.3 is 0 Å². The molecule has 2 aromatic carbocycles. The molecule has 0 aliphatic heterocycles. The summed E-state index contributed by atoms with van der Waals surface area (Å²) in [6.45, 7) is 1.94. The van der Waals surface area contributed by atoms with Crippen molar-refractivity contribution in [1.29, 1.82) is 0 Å². The molecule has 0 unspecified atom stereocenters. The van der Waals surface area contributed by atoms with E-state index in [0.29, 0.717) is 21.5 Å². The fraction of sp³-hybridized carbons (Fsp3) is 0.176. The van der Waals surface area contributed by atoms with Crippen molar-refractivity contribution in [2.45, 2.75) is 13.3 Å². The molecule has 2 rings (SSSR count). The second kappa shape index (κ2) is 8.87. The molecule has 0 spiro atoms. The van der Waals surface area contributed by atoms with E-state index in [4.69, 9.17) is 40.2 Å². The van der Waals surface area contributed by atoms with E-state index in [9.17, 15) is 4.79 Å². The molecule has 0 fully saturated rings. The molecule has 0 aliphatic carbocycles. The molecule has 2 aromatic rings. The van der Waals surface area contributed by atoms with E-state index in [1.165, 1.54) is 5.56 Å². The first-order valence-corrected chi connectivity index (χ1v) is 8.42. The smallest absolute Gasteiger partial charge is 0.264 e. The van der Waals surface area contributed by atoms with Crippen molar-refractivity contribution in [1.82, 2.24) is 5.32 Å². The van der Waals surface area contributed by atoms with Gasteiger partial charge in [-0.15, -0.1) is 0 Å². The minimum Gasteiger partial charge on any atom is -0.484 e. The number of amides is 1. The summed E-state index contributed by atoms with van der Waals surface area (Å²) in [5.41, 5.74) is 1.76. The Kier molecular flexibility index (Phi) is 6.85. The molecule has 0 heterocycles. The highest BCUT2D eigenvalue weighted by Gasteiger charge is 2.08. The van der Waals surface area contributed by atoms with Gasteiger partial charge in [-0.3, -0.25) is 10.1 Å². The molecule has 24 heavy (non-hydrogen) atoms. The lowest BCUT2D eigenvalue weighted by atomic mass is 10.2. The standard InChI is InChI=1S/C17H16Cl2N2O2S/c1-2-11-3-6-13(7-4-11)23-10-16(22)21-17(24)20-15-8-5-12(18)9-14(15)19/h3-9H,2,10H2,1H3,(H2,20,21,22,24). The predicted molar refractivity (Wildman–Crippen MR) is 102 cm³/mol. The Bertz CT molecular complexity index is 736. The number of hydrogen-bond acceptors (Lipinski definition) is 3. The van der Waals surface area contributed by atoms with E-state index < -0.39 is 0 Å². The molecule has 2 N–H and O–H groups in total. The Morgan fingerprint density at radius 2 is 1.88 bits per heavy atom. The molecular formula is C17H16Cl2N2O2S. The Morgan fingerprint density at radius 1 is 1.17 bits per heavy atom. The van der Waals surface area contributed by atoms with Gasteiger partial charge in [0.1, 0.15) is 5.75 Å². The summed E-state index contributed by atoms with van der Waals surface area (Å²) in [7, 11) is 0. The first kappa shape index (κ1) is 18.5. The van der Waals surface area contributed by atoms with Crippen LogP contribution in [-0.2, 0) is 11.2 Å². The number of nitrogens with one attached hydrogen (secondary N) is 2. The minimum atomic E-state index is -0.364. The summed E-state index contributed by atoms with van der Waals surface area (Å²) < 4.78 is 5.41. The average Bonchev–Trinajstić information content (AvgIpc) is 2.56. The number of aryl methyl sites for hydroxylation is 1. The number of carbonyl (C=O) groups is 1. The molecular weight excluding hydrogens is 367 g/mol. The fourth-order valence-electron chi connectivity index (χ4n) is 1.88. The summed E-state index contributed by atoms with van der Waals surface area (Å²) >= 11 is 16.9. The van der Waals surface area contributed by atoms with Crippen molar-refractivity contribution in [2.75, 3.05) is 11.9 Å². The molecule has 0 radical (unpaired) electrons. The second-order valence-electron chi connectivity index (χ2n) is 4.91. The zero-order valence-electron chi connectivity index (χ0n) is 12.9. The lowest BCUT2D eigenvalue weighted by Gasteiger charge is -2.11. The molecule has 126 valence electrons. The number of halogens is 2. The van der Waals surface area contributed by atoms with Gasteiger partial charge in [-0.1, -0.05) is 42.3 Å². The molecule has 0 aliphatic rings. The van der Waals surface area contributed by atoms with Crippen LogP contribution in [0, 0.1) is 0 Å². The van der Waals surface area contributed by atoms with Crippen molar-refractivity contribution < 1.29 is 9.53 Å². The van der Waals surface area contributed by atoms with E-state index in [1.54, 1.807) is 18.2 Å². The third-order valence-corrected chi connectivity index (χ3v) is 3.89. The highest BCUT2D eigenvalue weighted by Crippen LogP contribution is 2.25. The van der Waals surface area contributed by atoms with Gasteiger partial charge in [-0.05, 0) is 54.5 Å². The van der Waals surface area contributed by atoms with Crippen LogP contribution in [0.25, 0.3) is 0 Å². The number of rotatable bonds is 5. The van der Waals surface area contributed by atoms with Crippen LogP contribution < -0.4 is 15.4 Å². The SMILES string of the molecule is CCc1ccc(OCC(=O)NC(=S)Nc2ccc(Cl)cc2Cl)cc1. The maximum atomic E-state index is 11.9. The topological polar surface area (TPSA) is 50.4 Å². The van der Waals surface area contributed by atoms with Crippen LogP contribution >= 0.6 is 35.4 Å². The van der Waals surface area contributed by atoms with Gasteiger partial charge in [0.15, 0.2) is 11.7 Å². The second-order valence-corrected chi connectivity index (χ2v) is 6.16. The third-order valence-electron chi connectivity index (χ3n) is 3.13. The molecule has 1 amide bonds. The van der Waals surface area contributed by atoms with Crippen LogP contribution in [-0.4, -0.2) is 17.6 Å². The Morgan fingerprint density at radius 3 is 2.50 bits per heavy atom. The van der Waals surface area contributed by atoms with Crippen LogP contribution in [0.4, 0.5) is 5.69 Å². The molecule has 0 aromatic heterocycles. The number of hydrogen-bond donors (Lipinski definition) is 2. The molecule has 4 nitrogen and oxygen atoms in total. The van der Waals surface area contributed by atoms with E-state index in [1.807, 2.05) is 24.3 Å². The lowest BCUT2D eigenvalue weighted by Crippen LogP contribution is -2.37. The van der Waals surface area contributed by atoms with Crippen molar-refractivity contribution in [3.63, 3.8) is 0 Å². The van der Waals surface area contributed by atoms with Gasteiger partial charge < -0.3 is 10.1 Å². The van der Waals surface area contributed by atoms with Crippen LogP contribution in [0.2, 0.25) is 10.0 Å². The monoisotopic (exact) mass is 382 g/mol. The van der Waals surface area contributed by atoms with Crippen LogP contribution in [0.3, 0.4) is 0 Å². The summed E-state index contributed by atoms with van der Waals surface area (Å²) in [5.74, 6) is 0.263. The Labute approximate surface area is 156 Å². The van der Waals surface area contributed by atoms with Gasteiger partial charge in [0.05, 0.1) is 10.7 Å². The zero-order valence-corrected chi connectivity index (χ0v) is 15.3. The molecule has 7 heteroatoms. The highest BCUT2D eigenvalue weighted by molar-refractivity contribution is 7.80. The van der Waals surface area contributed by atoms with Crippen LogP contribution in [0.1, 0.15) is 12.5 Å². The highest BCUT2D eigenvalue weighted by atomic mass is 35.5. The molecule has 0 atom stereocenters. The van der Waals surface area contributed by atoms with Crippen molar-refractivity contribution in [3.8, 4) is 5.75 Å². The first-order valence-electron chi connectivity index (χ1n) is 7.25. The van der Waals surface area contributed by atoms with Gasteiger partial charge in [-0.25, -0.2) is 0 Å². The number of carbonyl (C=O) groups excluding carboxylic acids is 1. The minimum absolute atomic E-state index is 0.133. The normalized spacial score (nSPS) is 10.1. The molecule has 0 bridgehead atoms. The van der Waals surface area contributed by atoms with Crippen LogP contribution in [0.5, 0.6) is 5.75 Å². The van der Waals surface area contributed by atoms with Gasteiger partial charge in [0.2, 0.25) is 0 Å². The van der Waals surface area contributed by atoms with Gasteiger partial charge in [-0.2, -0.15) is 0 Å². The Balaban J connectivity index is 1.81. The number of benzene rings is 2. The number of thiocarbonyl (C=S) groups is 1. The van der Waals surface area contributed by atoms with Gasteiger partial charge in [0.25, 0.3) is 5.91 Å². The third kappa shape index (κ3) is 5.67. The maximum absolute atomic E-state index is 11.9. The quantitative estimate of drug-likeness (QED) is 0.750. The van der Waals surface area contributed by atoms with E-state index in [-0.39, 0.29) is 17.6 Å². The molecule has 0 saturated heterocycles. The van der Waals surface area contributed by atoms with Crippen molar-refractivity contribution in [3.05, 3.63) is 58.1 Å². The summed E-state index contributed by atoms with van der Waals surface area (Å²) in [4.78, 5) is 11.9. The average molecular weight is 383 g/mol. The maximum Gasteiger partial charge on any atom is 0.264 e. The van der Waals surface area contributed by atoms with E-state index in [0.717, 1.165) is 6.42 Å². The number of ether oxygens (including phenoxy) is 1. The van der Waals surface area contributed by atoms with Gasteiger partial charge in [0, 0.05) is 5.02 Å².